The van der Waals surface area contributed by atoms with Crippen molar-refractivity contribution in [2.45, 2.75) is 18.4 Å². The van der Waals surface area contributed by atoms with Crippen molar-refractivity contribution in [1.29, 1.82) is 0 Å². The van der Waals surface area contributed by atoms with E-state index >= 15 is 0 Å². The fourth-order valence-corrected chi connectivity index (χ4v) is 3.90. The molecule has 19 heavy (non-hydrogen) atoms. The van der Waals surface area contributed by atoms with Gasteiger partial charge in [-0.1, -0.05) is 18.2 Å². The Balaban J connectivity index is 2.01. The van der Waals surface area contributed by atoms with Crippen LogP contribution in [0.25, 0.3) is 0 Å². The Morgan fingerprint density at radius 3 is 2.84 bits per heavy atom. The summed E-state index contributed by atoms with van der Waals surface area (Å²) < 4.78 is 14.1. The molecule has 0 aromatic heterocycles. The number of hydrogen-bond donors (Lipinski definition) is 3. The molecule has 0 bridgehead atoms. The molecule has 2 fully saturated rings. The van der Waals surface area contributed by atoms with E-state index < -0.39 is 5.60 Å². The van der Waals surface area contributed by atoms with Crippen LogP contribution in [0.1, 0.15) is 18.4 Å². The van der Waals surface area contributed by atoms with Crippen molar-refractivity contribution in [3.05, 3.63) is 35.6 Å². The van der Waals surface area contributed by atoms with Gasteiger partial charge in [-0.15, -0.1) is 0 Å². The van der Waals surface area contributed by atoms with E-state index in [0.29, 0.717) is 24.4 Å². The third-order valence-corrected chi connectivity index (χ3v) is 4.79. The molecule has 3 N–H and O–H groups in total. The lowest BCUT2D eigenvalue weighted by Gasteiger charge is -2.44. The second kappa shape index (κ2) is 4.85. The summed E-state index contributed by atoms with van der Waals surface area (Å²) >= 11 is 0. The first-order valence-corrected chi connectivity index (χ1v) is 6.94. The van der Waals surface area contributed by atoms with Crippen LogP contribution in [-0.4, -0.2) is 29.9 Å². The van der Waals surface area contributed by atoms with Crippen molar-refractivity contribution in [3.63, 3.8) is 0 Å². The molecule has 1 heterocycles. The highest BCUT2D eigenvalue weighted by Gasteiger charge is 2.51. The number of aliphatic hydroxyl groups excluding tert-OH is 1. The standard InChI is InChI=1S/C15H20FNO2/c16-14-4-2-1-3-12(14)15(19)6-10(9-18)5-11-7-17-8-13(11)15/h1-4,10-11,13,17-19H,5-9H2. The van der Waals surface area contributed by atoms with E-state index in [1.807, 2.05) is 0 Å². The fourth-order valence-electron chi connectivity index (χ4n) is 3.90. The van der Waals surface area contributed by atoms with Gasteiger partial charge in [0.15, 0.2) is 0 Å². The van der Waals surface area contributed by atoms with Crippen molar-refractivity contribution >= 4 is 0 Å². The molecule has 1 saturated carbocycles. The van der Waals surface area contributed by atoms with Gasteiger partial charge < -0.3 is 15.5 Å². The highest BCUT2D eigenvalue weighted by atomic mass is 19.1. The van der Waals surface area contributed by atoms with Crippen LogP contribution in [0, 0.1) is 23.6 Å². The Hall–Kier alpha value is -0.970. The summed E-state index contributed by atoms with van der Waals surface area (Å²) in [4.78, 5) is 0. The maximum Gasteiger partial charge on any atom is 0.129 e. The maximum atomic E-state index is 14.1. The molecule has 1 saturated heterocycles. The lowest BCUT2D eigenvalue weighted by molar-refractivity contribution is -0.0920. The lowest BCUT2D eigenvalue weighted by atomic mass is 9.64. The van der Waals surface area contributed by atoms with Crippen LogP contribution >= 0.6 is 0 Å². The van der Waals surface area contributed by atoms with Gasteiger partial charge >= 0.3 is 0 Å². The normalized spacial score (nSPS) is 38.2. The molecule has 0 amide bonds. The van der Waals surface area contributed by atoms with E-state index in [1.165, 1.54) is 6.07 Å². The minimum Gasteiger partial charge on any atom is -0.396 e. The lowest BCUT2D eigenvalue weighted by Crippen LogP contribution is -2.46. The van der Waals surface area contributed by atoms with E-state index in [9.17, 15) is 14.6 Å². The first-order valence-electron chi connectivity index (χ1n) is 6.94. The van der Waals surface area contributed by atoms with Crippen LogP contribution in [-0.2, 0) is 5.60 Å². The molecule has 1 aromatic carbocycles. The quantitative estimate of drug-likeness (QED) is 0.754. The van der Waals surface area contributed by atoms with Gasteiger partial charge in [0.25, 0.3) is 0 Å². The zero-order chi connectivity index (χ0) is 13.5. The average Bonchev–Trinajstić information content (AvgIpc) is 2.88. The summed E-state index contributed by atoms with van der Waals surface area (Å²) in [5, 5.41) is 23.8. The van der Waals surface area contributed by atoms with Gasteiger partial charge in [0.05, 0.1) is 5.60 Å². The number of fused-ring (bicyclic) bond motifs is 1. The SMILES string of the molecule is OCC1CC2CNCC2C(O)(c2ccccc2F)C1. The van der Waals surface area contributed by atoms with Crippen LogP contribution in [0.4, 0.5) is 4.39 Å². The minimum absolute atomic E-state index is 0.0344. The van der Waals surface area contributed by atoms with E-state index in [4.69, 9.17) is 0 Å². The van der Waals surface area contributed by atoms with E-state index in [2.05, 4.69) is 5.32 Å². The largest absolute Gasteiger partial charge is 0.396 e. The minimum atomic E-state index is -1.16. The van der Waals surface area contributed by atoms with Crippen LogP contribution in [0.15, 0.2) is 24.3 Å². The number of halogens is 1. The van der Waals surface area contributed by atoms with Crippen molar-refractivity contribution in [2.75, 3.05) is 19.7 Å². The van der Waals surface area contributed by atoms with Gasteiger partial charge in [-0.25, -0.2) is 4.39 Å². The molecule has 3 rings (SSSR count). The van der Waals surface area contributed by atoms with E-state index in [0.717, 1.165) is 13.0 Å². The van der Waals surface area contributed by atoms with Gasteiger partial charge in [0, 0.05) is 24.6 Å². The molecule has 3 nitrogen and oxygen atoms in total. The first kappa shape index (κ1) is 13.0. The van der Waals surface area contributed by atoms with Crippen LogP contribution in [0.5, 0.6) is 0 Å². The predicted octanol–water partition coefficient (Wildman–Crippen LogP) is 1.25. The summed E-state index contributed by atoms with van der Waals surface area (Å²) in [5.74, 6) is 0.0442. The Labute approximate surface area is 112 Å². The Bertz CT molecular complexity index is 467. The molecule has 1 aromatic rings. The molecule has 4 heteroatoms. The molecule has 4 unspecified atom stereocenters. The zero-order valence-electron chi connectivity index (χ0n) is 10.8. The number of rotatable bonds is 2. The van der Waals surface area contributed by atoms with Gasteiger partial charge in [0.2, 0.25) is 0 Å². The number of hydrogen-bond acceptors (Lipinski definition) is 3. The zero-order valence-corrected chi connectivity index (χ0v) is 10.8. The van der Waals surface area contributed by atoms with Gasteiger partial charge in [-0.3, -0.25) is 0 Å². The molecule has 0 spiro atoms. The Kier molecular flexibility index (Phi) is 3.33. The topological polar surface area (TPSA) is 52.5 Å². The van der Waals surface area contributed by atoms with Crippen molar-refractivity contribution in [3.8, 4) is 0 Å². The summed E-state index contributed by atoms with van der Waals surface area (Å²) in [7, 11) is 0. The monoisotopic (exact) mass is 265 g/mol. The summed E-state index contributed by atoms with van der Waals surface area (Å²) in [5.41, 5.74) is -0.780. The fraction of sp³-hybridized carbons (Fsp3) is 0.600. The highest BCUT2D eigenvalue weighted by Crippen LogP contribution is 2.48. The first-order chi connectivity index (χ1) is 9.15. The van der Waals surface area contributed by atoms with Crippen LogP contribution in [0.3, 0.4) is 0 Å². The summed E-state index contributed by atoms with van der Waals surface area (Å²) in [6.07, 6.45) is 1.35. The maximum absolute atomic E-state index is 14.1. The predicted molar refractivity (Wildman–Crippen MR) is 70.0 cm³/mol. The molecule has 4 atom stereocenters. The van der Waals surface area contributed by atoms with Crippen molar-refractivity contribution in [1.82, 2.24) is 5.32 Å². The van der Waals surface area contributed by atoms with Crippen molar-refractivity contribution < 1.29 is 14.6 Å². The van der Waals surface area contributed by atoms with Crippen LogP contribution < -0.4 is 5.32 Å². The second-order valence-corrected chi connectivity index (χ2v) is 5.92. The Morgan fingerprint density at radius 2 is 2.11 bits per heavy atom. The molecule has 1 aliphatic heterocycles. The molecule has 104 valence electrons. The summed E-state index contributed by atoms with van der Waals surface area (Å²) in [6, 6.07) is 6.47. The third-order valence-electron chi connectivity index (χ3n) is 4.79. The number of nitrogens with one attached hydrogen (secondary N) is 1. The third kappa shape index (κ3) is 2.08. The molecule has 0 radical (unpaired) electrons. The molecular weight excluding hydrogens is 245 g/mol. The van der Waals surface area contributed by atoms with E-state index in [1.54, 1.807) is 18.2 Å². The van der Waals surface area contributed by atoms with Crippen molar-refractivity contribution in [2.24, 2.45) is 17.8 Å². The Morgan fingerprint density at radius 1 is 1.32 bits per heavy atom. The number of benzene rings is 1. The van der Waals surface area contributed by atoms with Gasteiger partial charge in [-0.05, 0) is 37.3 Å². The second-order valence-electron chi connectivity index (χ2n) is 5.92. The molecular formula is C15H20FNO2. The highest BCUT2D eigenvalue weighted by molar-refractivity contribution is 5.27. The smallest absolute Gasteiger partial charge is 0.129 e. The van der Waals surface area contributed by atoms with Crippen LogP contribution in [0.2, 0.25) is 0 Å². The van der Waals surface area contributed by atoms with Gasteiger partial charge in [-0.2, -0.15) is 0 Å². The molecule has 2 aliphatic rings. The molecule has 1 aliphatic carbocycles. The van der Waals surface area contributed by atoms with E-state index in [-0.39, 0.29) is 24.3 Å². The summed E-state index contributed by atoms with van der Waals surface area (Å²) in [6.45, 7) is 1.62. The van der Waals surface area contributed by atoms with Gasteiger partial charge in [0.1, 0.15) is 5.82 Å². The number of aliphatic hydroxyl groups is 2. The average molecular weight is 265 g/mol.